The van der Waals surface area contributed by atoms with E-state index < -0.39 is 28.3 Å². The van der Waals surface area contributed by atoms with Crippen LogP contribution >= 0.6 is 11.6 Å². The van der Waals surface area contributed by atoms with Gasteiger partial charge in [-0.15, -0.1) is 0 Å². The van der Waals surface area contributed by atoms with Gasteiger partial charge in [0.15, 0.2) is 0 Å². The Balaban J connectivity index is 1.78. The summed E-state index contributed by atoms with van der Waals surface area (Å²) < 4.78 is 45.9. The molecule has 9 heteroatoms. The predicted molar refractivity (Wildman–Crippen MR) is 120 cm³/mol. The summed E-state index contributed by atoms with van der Waals surface area (Å²) in [6.07, 6.45) is 0. The average molecular weight is 477 g/mol. The fourth-order valence-electron chi connectivity index (χ4n) is 2.97. The monoisotopic (exact) mass is 476 g/mol. The lowest BCUT2D eigenvalue weighted by Gasteiger charge is -2.22. The average Bonchev–Trinajstić information content (AvgIpc) is 2.79. The van der Waals surface area contributed by atoms with E-state index in [9.17, 15) is 17.6 Å². The van der Waals surface area contributed by atoms with Crippen LogP contribution in [-0.4, -0.2) is 32.3 Å². The van der Waals surface area contributed by atoms with E-state index in [1.807, 2.05) is 6.07 Å². The van der Waals surface area contributed by atoms with Crippen LogP contribution in [0.1, 0.15) is 11.1 Å². The van der Waals surface area contributed by atoms with Crippen molar-refractivity contribution in [1.82, 2.24) is 9.62 Å². The first-order valence-electron chi connectivity index (χ1n) is 9.68. The van der Waals surface area contributed by atoms with Gasteiger partial charge in [-0.3, -0.25) is 4.79 Å². The van der Waals surface area contributed by atoms with Crippen molar-refractivity contribution in [3.05, 3.63) is 94.8 Å². The van der Waals surface area contributed by atoms with Crippen LogP contribution in [0.25, 0.3) is 0 Å². The van der Waals surface area contributed by atoms with E-state index in [0.29, 0.717) is 16.3 Å². The number of halogens is 2. The molecule has 1 N–H and O–H groups in total. The molecule has 0 unspecified atom stereocenters. The first kappa shape index (κ1) is 23.7. The van der Waals surface area contributed by atoms with E-state index >= 15 is 0 Å². The normalized spacial score (nSPS) is 11.4. The summed E-state index contributed by atoms with van der Waals surface area (Å²) in [6.45, 7) is -0.300. The summed E-state index contributed by atoms with van der Waals surface area (Å²) in [7, 11) is -2.47. The van der Waals surface area contributed by atoms with Gasteiger partial charge < -0.3 is 10.1 Å². The molecular weight excluding hydrogens is 455 g/mol. The molecule has 32 heavy (non-hydrogen) atoms. The highest BCUT2D eigenvalue weighted by Gasteiger charge is 2.27. The van der Waals surface area contributed by atoms with Crippen LogP contribution in [0.4, 0.5) is 4.39 Å². The number of amides is 1. The first-order valence-corrected chi connectivity index (χ1v) is 11.5. The summed E-state index contributed by atoms with van der Waals surface area (Å²) in [5, 5.41) is 3.12. The number of methoxy groups -OCH3 is 1. The zero-order valence-corrected chi connectivity index (χ0v) is 18.9. The Hall–Kier alpha value is -2.94. The highest BCUT2D eigenvalue weighted by Crippen LogP contribution is 2.21. The summed E-state index contributed by atoms with van der Waals surface area (Å²) in [6, 6.07) is 18.3. The van der Waals surface area contributed by atoms with Crippen LogP contribution < -0.4 is 10.1 Å². The number of carbonyl (C=O) groups excluding carboxylic acids is 1. The minimum atomic E-state index is -4.01. The summed E-state index contributed by atoms with van der Waals surface area (Å²) in [5.74, 6) is -0.260. The molecule has 3 aromatic carbocycles. The second-order valence-corrected chi connectivity index (χ2v) is 9.36. The maximum Gasteiger partial charge on any atom is 0.243 e. The van der Waals surface area contributed by atoms with Crippen LogP contribution in [0, 0.1) is 5.82 Å². The Morgan fingerprint density at radius 3 is 2.38 bits per heavy atom. The van der Waals surface area contributed by atoms with Gasteiger partial charge in [-0.25, -0.2) is 12.8 Å². The van der Waals surface area contributed by atoms with Gasteiger partial charge in [0, 0.05) is 18.1 Å². The Morgan fingerprint density at radius 2 is 1.72 bits per heavy atom. The molecule has 0 radical (unpaired) electrons. The summed E-state index contributed by atoms with van der Waals surface area (Å²) in [4.78, 5) is 12.6. The third-order valence-electron chi connectivity index (χ3n) is 4.67. The lowest BCUT2D eigenvalue weighted by Crippen LogP contribution is -2.40. The van der Waals surface area contributed by atoms with Crippen LogP contribution in [0.5, 0.6) is 5.75 Å². The van der Waals surface area contributed by atoms with Gasteiger partial charge in [0.1, 0.15) is 11.6 Å². The Morgan fingerprint density at radius 1 is 1.03 bits per heavy atom. The number of benzene rings is 3. The summed E-state index contributed by atoms with van der Waals surface area (Å²) >= 11 is 5.87. The van der Waals surface area contributed by atoms with Crippen LogP contribution in [0.15, 0.2) is 77.7 Å². The van der Waals surface area contributed by atoms with E-state index in [1.165, 1.54) is 48.5 Å². The molecule has 1 amide bonds. The first-order chi connectivity index (χ1) is 15.3. The molecule has 0 fully saturated rings. The molecule has 0 aliphatic rings. The molecule has 0 aromatic heterocycles. The molecule has 0 atom stereocenters. The fraction of sp³-hybridized carbons (Fsp3) is 0.174. The molecule has 0 saturated heterocycles. The number of carbonyl (C=O) groups is 1. The van der Waals surface area contributed by atoms with Crippen molar-refractivity contribution in [3.63, 3.8) is 0 Å². The van der Waals surface area contributed by atoms with Crippen LogP contribution in [-0.2, 0) is 27.9 Å². The minimum absolute atomic E-state index is 0.00427. The zero-order valence-electron chi connectivity index (χ0n) is 17.3. The lowest BCUT2D eigenvalue weighted by molar-refractivity contribution is -0.121. The zero-order chi connectivity index (χ0) is 23.1. The largest absolute Gasteiger partial charge is 0.497 e. The number of hydrogen-bond donors (Lipinski definition) is 1. The Labute approximate surface area is 191 Å². The third-order valence-corrected chi connectivity index (χ3v) is 6.73. The van der Waals surface area contributed by atoms with E-state index in [4.69, 9.17) is 16.3 Å². The van der Waals surface area contributed by atoms with Crippen molar-refractivity contribution in [2.75, 3.05) is 13.7 Å². The van der Waals surface area contributed by atoms with Gasteiger partial charge >= 0.3 is 0 Å². The number of rotatable bonds is 9. The van der Waals surface area contributed by atoms with Crippen molar-refractivity contribution < 1.29 is 22.3 Å². The van der Waals surface area contributed by atoms with E-state index in [0.717, 1.165) is 9.87 Å². The van der Waals surface area contributed by atoms with Crippen molar-refractivity contribution >= 4 is 27.5 Å². The molecule has 0 spiro atoms. The number of ether oxygens (including phenoxy) is 1. The quantitative estimate of drug-likeness (QED) is 0.506. The minimum Gasteiger partial charge on any atom is -0.497 e. The maximum atomic E-state index is 13.3. The van der Waals surface area contributed by atoms with Crippen molar-refractivity contribution in [1.29, 1.82) is 0 Å². The molecular formula is C23H22ClFN2O4S. The van der Waals surface area contributed by atoms with Crippen molar-refractivity contribution in [3.8, 4) is 5.75 Å². The van der Waals surface area contributed by atoms with E-state index in [-0.39, 0.29) is 18.0 Å². The van der Waals surface area contributed by atoms with Gasteiger partial charge in [-0.05, 0) is 59.7 Å². The Kier molecular flexibility index (Phi) is 7.84. The third kappa shape index (κ3) is 6.29. The molecule has 3 rings (SSSR count). The molecule has 0 heterocycles. The van der Waals surface area contributed by atoms with Crippen molar-refractivity contribution in [2.45, 2.75) is 18.0 Å². The van der Waals surface area contributed by atoms with E-state index in [1.54, 1.807) is 25.3 Å². The molecule has 3 aromatic rings. The molecule has 0 saturated carbocycles. The number of hydrogen-bond acceptors (Lipinski definition) is 4. The summed E-state index contributed by atoms with van der Waals surface area (Å²) in [5.41, 5.74) is 1.35. The highest BCUT2D eigenvalue weighted by molar-refractivity contribution is 7.89. The Bertz CT molecular complexity index is 1170. The smallest absolute Gasteiger partial charge is 0.243 e. The maximum absolute atomic E-state index is 13.3. The van der Waals surface area contributed by atoms with Crippen LogP contribution in [0.2, 0.25) is 5.02 Å². The lowest BCUT2D eigenvalue weighted by atomic mass is 10.2. The van der Waals surface area contributed by atoms with Gasteiger partial charge in [-0.2, -0.15) is 4.31 Å². The number of nitrogens with zero attached hydrogens (tertiary/aromatic N) is 1. The number of nitrogens with one attached hydrogen (secondary N) is 1. The highest BCUT2D eigenvalue weighted by atomic mass is 35.5. The molecule has 0 aliphatic carbocycles. The standard InChI is InChI=1S/C23H22ClFN2O4S/c1-31-21-4-2-3-18(13-21)14-26-23(28)16-27(15-17-5-9-20(25)10-6-17)32(29,30)22-11-7-19(24)8-12-22/h2-13H,14-16H2,1H3,(H,26,28). The van der Waals surface area contributed by atoms with Gasteiger partial charge in [-0.1, -0.05) is 35.9 Å². The fourth-order valence-corrected chi connectivity index (χ4v) is 4.48. The van der Waals surface area contributed by atoms with Crippen molar-refractivity contribution in [2.24, 2.45) is 0 Å². The second kappa shape index (κ2) is 10.6. The molecule has 168 valence electrons. The SMILES string of the molecule is COc1cccc(CNC(=O)CN(Cc2ccc(F)cc2)S(=O)(=O)c2ccc(Cl)cc2)c1. The van der Waals surface area contributed by atoms with Gasteiger partial charge in [0.05, 0.1) is 18.6 Å². The predicted octanol–water partition coefficient (Wildman–Crippen LogP) is 4.00. The van der Waals surface area contributed by atoms with Gasteiger partial charge in [0.2, 0.25) is 15.9 Å². The molecule has 6 nitrogen and oxygen atoms in total. The second-order valence-electron chi connectivity index (χ2n) is 6.98. The number of sulfonamides is 1. The molecule has 0 bridgehead atoms. The van der Waals surface area contributed by atoms with Crippen LogP contribution in [0.3, 0.4) is 0 Å². The van der Waals surface area contributed by atoms with Gasteiger partial charge in [0.25, 0.3) is 0 Å². The van der Waals surface area contributed by atoms with E-state index in [2.05, 4.69) is 5.32 Å². The topological polar surface area (TPSA) is 75.7 Å². The molecule has 0 aliphatic heterocycles.